The van der Waals surface area contributed by atoms with Crippen molar-refractivity contribution >= 4 is 28.3 Å². The van der Waals surface area contributed by atoms with Crippen LogP contribution in [0.25, 0.3) is 10.9 Å². The molecule has 0 radical (unpaired) electrons. The van der Waals surface area contributed by atoms with Crippen LogP contribution in [0.4, 0.5) is 0 Å². The maximum Gasteiger partial charge on any atom is 0.187 e. The second-order valence-corrected chi connectivity index (χ2v) is 5.50. The van der Waals surface area contributed by atoms with Crippen LogP contribution >= 0.6 is 11.6 Å². The van der Waals surface area contributed by atoms with Crippen molar-refractivity contribution in [1.29, 1.82) is 5.26 Å². The van der Waals surface area contributed by atoms with E-state index in [1.54, 1.807) is 24.3 Å². The first-order valence-corrected chi connectivity index (χ1v) is 7.24. The van der Waals surface area contributed by atoms with Crippen LogP contribution in [0, 0.1) is 11.3 Å². The van der Waals surface area contributed by atoms with Crippen LogP contribution < -0.4 is 0 Å². The summed E-state index contributed by atoms with van der Waals surface area (Å²) in [7, 11) is 1.86. The number of ketones is 1. The van der Waals surface area contributed by atoms with E-state index in [0.29, 0.717) is 16.3 Å². The van der Waals surface area contributed by atoms with Crippen molar-refractivity contribution in [2.45, 2.75) is 5.92 Å². The largest absolute Gasteiger partial charge is 0.346 e. The number of halogens is 1. The molecule has 0 fully saturated rings. The summed E-state index contributed by atoms with van der Waals surface area (Å²) in [6.45, 7) is 0. The molecule has 108 valence electrons. The van der Waals surface area contributed by atoms with Gasteiger partial charge in [0.05, 0.1) is 11.1 Å². The van der Waals surface area contributed by atoms with Gasteiger partial charge < -0.3 is 4.57 Å². The van der Waals surface area contributed by atoms with E-state index in [-0.39, 0.29) is 5.78 Å². The van der Waals surface area contributed by atoms with Crippen LogP contribution in [-0.4, -0.2) is 10.4 Å². The Morgan fingerprint density at radius 2 is 1.86 bits per heavy atom. The number of aryl methyl sites for hydroxylation is 1. The minimum absolute atomic E-state index is 0.279. The second kappa shape index (κ2) is 5.67. The Morgan fingerprint density at radius 1 is 1.18 bits per heavy atom. The van der Waals surface area contributed by atoms with E-state index in [1.807, 2.05) is 41.9 Å². The first kappa shape index (κ1) is 14.4. The summed E-state index contributed by atoms with van der Waals surface area (Å²) in [6.07, 6.45) is 0. The van der Waals surface area contributed by atoms with Crippen molar-refractivity contribution in [3.63, 3.8) is 0 Å². The summed E-state index contributed by atoms with van der Waals surface area (Å²) in [4.78, 5) is 12.7. The van der Waals surface area contributed by atoms with Crippen LogP contribution in [0.15, 0.2) is 54.6 Å². The third-order valence-corrected chi connectivity index (χ3v) is 4.14. The van der Waals surface area contributed by atoms with Gasteiger partial charge >= 0.3 is 0 Å². The van der Waals surface area contributed by atoms with E-state index in [9.17, 15) is 10.1 Å². The molecule has 2 aromatic carbocycles. The minimum atomic E-state index is -0.878. The van der Waals surface area contributed by atoms with Crippen molar-refractivity contribution in [3.05, 3.63) is 70.9 Å². The second-order valence-electron chi connectivity index (χ2n) is 5.09. The molecule has 22 heavy (non-hydrogen) atoms. The molecule has 0 aliphatic heterocycles. The number of nitriles is 1. The maximum absolute atomic E-state index is 12.7. The van der Waals surface area contributed by atoms with Crippen LogP contribution in [0.1, 0.15) is 22.0 Å². The molecule has 1 aromatic heterocycles. The summed E-state index contributed by atoms with van der Waals surface area (Å²) >= 11 is 6.09. The standard InChI is InChI=1S/C18H13ClN2O/c1-21-16-9-5-2-6-12(16)10-17(21)14(11-20)18(22)13-7-3-4-8-15(13)19/h2-10,14H,1H3. The highest BCUT2D eigenvalue weighted by molar-refractivity contribution is 6.34. The summed E-state index contributed by atoms with van der Waals surface area (Å²) < 4.78 is 1.89. The summed E-state index contributed by atoms with van der Waals surface area (Å²) in [5.41, 5.74) is 2.04. The molecule has 3 nitrogen and oxygen atoms in total. The number of Topliss-reactive ketones (excluding diaryl/α,β-unsaturated/α-hetero) is 1. The predicted molar refractivity (Wildman–Crippen MR) is 87.1 cm³/mol. The lowest BCUT2D eigenvalue weighted by molar-refractivity contribution is 0.0977. The van der Waals surface area contributed by atoms with Gasteiger partial charge in [-0.25, -0.2) is 0 Å². The smallest absolute Gasteiger partial charge is 0.187 e. The van der Waals surface area contributed by atoms with Gasteiger partial charge in [-0.05, 0) is 29.7 Å². The molecule has 1 heterocycles. The van der Waals surface area contributed by atoms with Gasteiger partial charge in [0.1, 0.15) is 5.92 Å². The molecule has 0 aliphatic carbocycles. The topological polar surface area (TPSA) is 45.8 Å². The van der Waals surface area contributed by atoms with Gasteiger partial charge in [0.25, 0.3) is 0 Å². The summed E-state index contributed by atoms with van der Waals surface area (Å²) in [6, 6.07) is 18.6. The van der Waals surface area contributed by atoms with Gasteiger partial charge in [-0.2, -0.15) is 5.26 Å². The van der Waals surface area contributed by atoms with Gasteiger partial charge in [-0.15, -0.1) is 0 Å². The molecule has 4 heteroatoms. The number of rotatable bonds is 3. The monoisotopic (exact) mass is 308 g/mol. The third kappa shape index (κ3) is 2.28. The van der Waals surface area contributed by atoms with Crippen LogP contribution in [0.5, 0.6) is 0 Å². The maximum atomic E-state index is 12.7. The Bertz CT molecular complexity index is 905. The number of fused-ring (bicyclic) bond motifs is 1. The molecule has 0 saturated carbocycles. The SMILES string of the molecule is Cn1c(C(C#N)C(=O)c2ccccc2Cl)cc2ccccc21. The van der Waals surface area contributed by atoms with Crippen molar-refractivity contribution in [2.24, 2.45) is 7.05 Å². The minimum Gasteiger partial charge on any atom is -0.346 e. The molecule has 0 bridgehead atoms. The van der Waals surface area contributed by atoms with Gasteiger partial charge in [0.15, 0.2) is 5.78 Å². The fourth-order valence-corrected chi connectivity index (χ4v) is 2.89. The van der Waals surface area contributed by atoms with Gasteiger partial charge in [-0.1, -0.05) is 41.9 Å². The summed E-state index contributed by atoms with van der Waals surface area (Å²) in [5.74, 6) is -1.16. The molecule has 0 spiro atoms. The van der Waals surface area contributed by atoms with Crippen LogP contribution in [0.3, 0.4) is 0 Å². The number of hydrogen-bond donors (Lipinski definition) is 0. The fraction of sp³-hybridized carbons (Fsp3) is 0.111. The fourth-order valence-electron chi connectivity index (χ4n) is 2.66. The van der Waals surface area contributed by atoms with E-state index >= 15 is 0 Å². The van der Waals surface area contributed by atoms with Crippen LogP contribution in [-0.2, 0) is 7.05 Å². The Balaban J connectivity index is 2.11. The van der Waals surface area contributed by atoms with E-state index in [2.05, 4.69) is 6.07 Å². The number of carbonyl (C=O) groups is 1. The van der Waals surface area contributed by atoms with Gasteiger partial charge in [0.2, 0.25) is 0 Å². The number of nitrogens with zero attached hydrogens (tertiary/aromatic N) is 2. The number of hydrogen-bond acceptors (Lipinski definition) is 2. The molecule has 0 aliphatic rings. The molecule has 0 N–H and O–H groups in total. The lowest BCUT2D eigenvalue weighted by Gasteiger charge is -2.11. The van der Waals surface area contributed by atoms with E-state index in [0.717, 1.165) is 10.9 Å². The number of para-hydroxylation sites is 1. The third-order valence-electron chi connectivity index (χ3n) is 3.82. The molecule has 1 atom stereocenters. The predicted octanol–water partition coefficient (Wildman–Crippen LogP) is 4.32. The van der Waals surface area contributed by atoms with E-state index < -0.39 is 5.92 Å². The number of carbonyl (C=O) groups excluding carboxylic acids is 1. The highest BCUT2D eigenvalue weighted by atomic mass is 35.5. The molecule has 0 saturated heterocycles. The first-order chi connectivity index (χ1) is 10.6. The number of aromatic nitrogens is 1. The molecule has 3 rings (SSSR count). The molecule has 0 amide bonds. The lowest BCUT2D eigenvalue weighted by atomic mass is 9.95. The Morgan fingerprint density at radius 3 is 2.55 bits per heavy atom. The van der Waals surface area contributed by atoms with Crippen molar-refractivity contribution in [2.75, 3.05) is 0 Å². The first-order valence-electron chi connectivity index (χ1n) is 6.86. The van der Waals surface area contributed by atoms with Crippen LogP contribution in [0.2, 0.25) is 5.02 Å². The zero-order valence-electron chi connectivity index (χ0n) is 12.0. The zero-order valence-corrected chi connectivity index (χ0v) is 12.7. The molecule has 1 unspecified atom stereocenters. The van der Waals surface area contributed by atoms with Gasteiger partial charge in [-0.3, -0.25) is 4.79 Å². The van der Waals surface area contributed by atoms with E-state index in [1.165, 1.54) is 0 Å². The molecular weight excluding hydrogens is 296 g/mol. The highest BCUT2D eigenvalue weighted by Gasteiger charge is 2.26. The zero-order chi connectivity index (χ0) is 15.7. The van der Waals surface area contributed by atoms with Crippen molar-refractivity contribution in [3.8, 4) is 6.07 Å². The average Bonchev–Trinajstić information content (AvgIpc) is 2.86. The lowest BCUT2D eigenvalue weighted by Crippen LogP contribution is -2.14. The molecule has 3 aromatic rings. The normalized spacial score (nSPS) is 12.0. The van der Waals surface area contributed by atoms with Crippen molar-refractivity contribution < 1.29 is 4.79 Å². The Kier molecular flexibility index (Phi) is 3.70. The Labute approximate surface area is 133 Å². The summed E-state index contributed by atoms with van der Waals surface area (Å²) in [5, 5.41) is 10.9. The van der Waals surface area contributed by atoms with Crippen molar-refractivity contribution in [1.82, 2.24) is 4.57 Å². The Hall–Kier alpha value is -2.57. The quantitative estimate of drug-likeness (QED) is 0.676. The number of benzene rings is 2. The molecular formula is C18H13ClN2O. The highest BCUT2D eigenvalue weighted by Crippen LogP contribution is 2.28. The average molecular weight is 309 g/mol. The van der Waals surface area contributed by atoms with Gasteiger partial charge in [0, 0.05) is 23.8 Å². The van der Waals surface area contributed by atoms with E-state index in [4.69, 9.17) is 11.6 Å².